The third-order valence-corrected chi connectivity index (χ3v) is 8.38. The van der Waals surface area contributed by atoms with Crippen molar-refractivity contribution in [2.75, 3.05) is 25.0 Å². The molecule has 3 saturated heterocycles. The summed E-state index contributed by atoms with van der Waals surface area (Å²) in [5, 5.41) is 6.38. The van der Waals surface area contributed by atoms with Gasteiger partial charge in [0.15, 0.2) is 0 Å². The van der Waals surface area contributed by atoms with E-state index in [1.165, 1.54) is 0 Å². The number of aryl methyl sites for hydroxylation is 2. The van der Waals surface area contributed by atoms with Crippen molar-refractivity contribution in [3.05, 3.63) is 58.3 Å². The minimum atomic E-state index is -0.485. The average molecular weight is 519 g/mol. The van der Waals surface area contributed by atoms with Crippen LogP contribution in [0.1, 0.15) is 80.7 Å². The normalized spacial score (nSPS) is 25.2. The maximum atomic E-state index is 13.1. The van der Waals surface area contributed by atoms with Crippen molar-refractivity contribution in [3.63, 3.8) is 0 Å². The monoisotopic (exact) mass is 518 g/mol. The molecule has 5 rings (SSSR count). The molecule has 4 heterocycles. The van der Waals surface area contributed by atoms with Gasteiger partial charge in [-0.25, -0.2) is 4.98 Å². The van der Waals surface area contributed by atoms with Crippen LogP contribution >= 0.6 is 0 Å². The van der Waals surface area contributed by atoms with E-state index in [1.54, 1.807) is 25.3 Å². The van der Waals surface area contributed by atoms with Gasteiger partial charge in [-0.2, -0.15) is 0 Å². The topological polar surface area (TPSA) is 121 Å². The number of nitrogens with two attached hydrogens (primary N) is 1. The fraction of sp³-hybridized carbons (Fsp3) is 0.517. The Hall–Kier alpha value is -3.46. The molecule has 3 amide bonds. The number of carbonyl (C=O) groups is 3. The van der Waals surface area contributed by atoms with Crippen LogP contribution in [0.3, 0.4) is 0 Å². The van der Waals surface area contributed by atoms with E-state index in [4.69, 9.17) is 5.73 Å². The number of nitrogens with zero attached hydrogens (tertiary/aromatic N) is 3. The minimum Gasteiger partial charge on any atom is -0.366 e. The lowest BCUT2D eigenvalue weighted by molar-refractivity contribution is 0.0908. The second-order valence-corrected chi connectivity index (χ2v) is 11.3. The van der Waals surface area contributed by atoms with Crippen molar-refractivity contribution >= 4 is 23.5 Å². The third kappa shape index (κ3) is 5.38. The number of amides is 3. The molecule has 202 valence electrons. The van der Waals surface area contributed by atoms with Crippen LogP contribution in [-0.4, -0.2) is 71.9 Å². The zero-order chi connectivity index (χ0) is 27.0. The minimum absolute atomic E-state index is 0.0665. The van der Waals surface area contributed by atoms with Crippen LogP contribution in [0.25, 0.3) is 0 Å². The van der Waals surface area contributed by atoms with Gasteiger partial charge in [-0.1, -0.05) is 0 Å². The van der Waals surface area contributed by atoms with Gasteiger partial charge in [-0.3, -0.25) is 14.4 Å². The number of hydrogen-bond acceptors (Lipinski definition) is 6. The van der Waals surface area contributed by atoms with Gasteiger partial charge in [0, 0.05) is 48.0 Å². The predicted octanol–water partition coefficient (Wildman–Crippen LogP) is 2.55. The fourth-order valence-corrected chi connectivity index (χ4v) is 6.48. The van der Waals surface area contributed by atoms with Crippen molar-refractivity contribution in [2.24, 2.45) is 5.73 Å². The van der Waals surface area contributed by atoms with Crippen LogP contribution in [0.5, 0.6) is 0 Å². The molecule has 0 spiro atoms. The fourth-order valence-electron chi connectivity index (χ4n) is 6.48. The Bertz CT molecular complexity index is 1220. The lowest BCUT2D eigenvalue weighted by atomic mass is 9.95. The highest BCUT2D eigenvalue weighted by molar-refractivity contribution is 5.99. The molecule has 0 saturated carbocycles. The van der Waals surface area contributed by atoms with Crippen LogP contribution in [-0.2, 0) is 0 Å². The first-order valence-corrected chi connectivity index (χ1v) is 13.6. The number of likely N-dealkylation sites (N-methyl/N-ethyl adjacent to an activating group) is 1. The van der Waals surface area contributed by atoms with Crippen LogP contribution in [0.2, 0.25) is 0 Å². The van der Waals surface area contributed by atoms with Crippen LogP contribution in [0, 0.1) is 13.8 Å². The summed E-state index contributed by atoms with van der Waals surface area (Å²) in [6.07, 6.45) is 7.60. The predicted molar refractivity (Wildman–Crippen MR) is 146 cm³/mol. The van der Waals surface area contributed by atoms with Gasteiger partial charge in [0.2, 0.25) is 5.91 Å². The van der Waals surface area contributed by atoms with E-state index in [1.807, 2.05) is 19.1 Å². The molecule has 0 radical (unpaired) electrons. The Morgan fingerprint density at radius 3 is 2.21 bits per heavy atom. The molecule has 1 aromatic carbocycles. The summed E-state index contributed by atoms with van der Waals surface area (Å²) in [6, 6.07) is 8.13. The number of primary amides is 1. The highest BCUT2D eigenvalue weighted by Crippen LogP contribution is 2.38. The van der Waals surface area contributed by atoms with Gasteiger partial charge in [-0.05, 0) is 101 Å². The molecule has 9 nitrogen and oxygen atoms in total. The molecule has 3 aliphatic rings. The number of aromatic nitrogens is 1. The number of anilines is 1. The molecule has 2 aromatic rings. The Labute approximate surface area is 224 Å². The number of hydrogen-bond donors (Lipinski definition) is 3. The Morgan fingerprint density at radius 2 is 1.58 bits per heavy atom. The van der Waals surface area contributed by atoms with Crippen molar-refractivity contribution < 1.29 is 14.4 Å². The first-order valence-electron chi connectivity index (χ1n) is 13.6. The summed E-state index contributed by atoms with van der Waals surface area (Å²) in [5.41, 5.74) is 8.52. The second-order valence-electron chi connectivity index (χ2n) is 11.3. The van der Waals surface area contributed by atoms with E-state index < -0.39 is 5.91 Å². The van der Waals surface area contributed by atoms with Crippen molar-refractivity contribution in [1.29, 1.82) is 0 Å². The van der Waals surface area contributed by atoms with Crippen molar-refractivity contribution in [3.8, 4) is 0 Å². The lowest BCUT2D eigenvalue weighted by Gasteiger charge is -2.40. The van der Waals surface area contributed by atoms with Gasteiger partial charge in [0.05, 0.1) is 5.56 Å². The largest absolute Gasteiger partial charge is 0.366 e. The highest BCUT2D eigenvalue weighted by atomic mass is 16.2. The molecule has 4 atom stereocenters. The van der Waals surface area contributed by atoms with Crippen molar-refractivity contribution in [2.45, 2.75) is 76.5 Å². The number of carbonyl (C=O) groups excluding carboxylic acids is 3. The lowest BCUT2D eigenvalue weighted by Crippen LogP contribution is -2.51. The third-order valence-electron chi connectivity index (χ3n) is 8.38. The first kappa shape index (κ1) is 26.2. The van der Waals surface area contributed by atoms with E-state index in [0.717, 1.165) is 63.0 Å². The maximum Gasteiger partial charge on any atom is 0.253 e. The maximum absolute atomic E-state index is 13.1. The molecular formula is C29H38N6O3. The molecular weight excluding hydrogens is 480 g/mol. The smallest absolute Gasteiger partial charge is 0.253 e. The zero-order valence-corrected chi connectivity index (χ0v) is 22.5. The number of piperidine rings is 2. The summed E-state index contributed by atoms with van der Waals surface area (Å²) in [4.78, 5) is 46.8. The summed E-state index contributed by atoms with van der Waals surface area (Å²) >= 11 is 0. The summed E-state index contributed by atoms with van der Waals surface area (Å²) in [5.74, 6) is 0.228. The first-order chi connectivity index (χ1) is 18.2. The number of fused-ring (bicyclic) bond motifs is 2. The average Bonchev–Trinajstić information content (AvgIpc) is 3.15. The number of benzene rings is 1. The van der Waals surface area contributed by atoms with E-state index in [2.05, 4.69) is 32.5 Å². The van der Waals surface area contributed by atoms with Crippen LogP contribution in [0.15, 0.2) is 30.5 Å². The Morgan fingerprint density at radius 1 is 0.921 bits per heavy atom. The summed E-state index contributed by atoms with van der Waals surface area (Å²) in [6.45, 7) is 5.58. The molecule has 38 heavy (non-hydrogen) atoms. The Balaban J connectivity index is 1.20. The quantitative estimate of drug-likeness (QED) is 0.541. The van der Waals surface area contributed by atoms with Gasteiger partial charge < -0.3 is 26.2 Å². The number of likely N-dealkylation sites (tertiary alicyclic amines) is 1. The van der Waals surface area contributed by atoms with E-state index in [9.17, 15) is 14.4 Å². The highest BCUT2D eigenvalue weighted by Gasteiger charge is 2.42. The van der Waals surface area contributed by atoms with E-state index in [-0.39, 0.29) is 23.9 Å². The molecule has 3 aliphatic heterocycles. The van der Waals surface area contributed by atoms with E-state index in [0.29, 0.717) is 34.3 Å². The molecule has 9 heteroatoms. The van der Waals surface area contributed by atoms with Gasteiger partial charge in [-0.15, -0.1) is 0 Å². The molecule has 0 aliphatic carbocycles. The molecule has 3 fully saturated rings. The zero-order valence-electron chi connectivity index (χ0n) is 22.5. The number of pyridine rings is 1. The second kappa shape index (κ2) is 10.7. The molecule has 1 aromatic heterocycles. The molecule has 1 unspecified atom stereocenters. The van der Waals surface area contributed by atoms with Crippen LogP contribution in [0.4, 0.5) is 5.82 Å². The molecule has 4 N–H and O–H groups in total. The van der Waals surface area contributed by atoms with Gasteiger partial charge in [0.25, 0.3) is 11.8 Å². The number of nitrogens with one attached hydrogen (secondary N) is 2. The molecule has 2 bridgehead atoms. The Kier molecular flexibility index (Phi) is 7.38. The van der Waals surface area contributed by atoms with E-state index >= 15 is 0 Å². The summed E-state index contributed by atoms with van der Waals surface area (Å²) < 4.78 is 0. The van der Waals surface area contributed by atoms with Crippen molar-refractivity contribution in [1.82, 2.24) is 20.5 Å². The SMILES string of the molecule is Cc1cc(C(=O)NC2C[C@H]3CC[C@@H](C2)N3c2ccc(C(=O)N[C@H]3CCCN(C)C3)cn2)c(C)cc1C(N)=O. The summed E-state index contributed by atoms with van der Waals surface area (Å²) in [7, 11) is 2.09. The van der Waals surface area contributed by atoms with Crippen LogP contribution < -0.4 is 21.3 Å². The van der Waals surface area contributed by atoms with Gasteiger partial charge in [0.1, 0.15) is 5.82 Å². The van der Waals surface area contributed by atoms with Gasteiger partial charge >= 0.3 is 0 Å². The number of rotatable bonds is 6. The standard InChI is InChI=1S/C29H38N6O3/c1-17-12-25(18(2)11-24(17)27(30)36)29(38)33-21-13-22-7-8-23(14-21)35(22)26-9-6-19(15-31-26)28(37)32-20-5-4-10-34(3)16-20/h6,9,11-12,15,20-23H,4-5,7-8,10,13-14,16H2,1-3H3,(H2,30,36)(H,32,37)(H,33,38)/t20-,21?,22-,23+/m0/s1.